The zero-order chi connectivity index (χ0) is 19.1. The van der Waals surface area contributed by atoms with Crippen LogP contribution in [0.1, 0.15) is 28.4 Å². The van der Waals surface area contributed by atoms with Crippen molar-refractivity contribution in [2.45, 2.75) is 20.3 Å². The fourth-order valence-corrected chi connectivity index (χ4v) is 3.48. The standard InChI is InChI=1S/C19H22N4O4/c1-12-9-14(13(2)27-12)16-11-23-10-15(20-17(23)19(25)21(16)3)18(24)22-5-4-7-26-8-6-22/h9-11H,4-8H2,1-3H3. The summed E-state index contributed by atoms with van der Waals surface area (Å²) in [5.74, 6) is 1.34. The highest BCUT2D eigenvalue weighted by Crippen LogP contribution is 2.25. The van der Waals surface area contributed by atoms with Crippen LogP contribution >= 0.6 is 0 Å². The average Bonchev–Trinajstić information content (AvgIpc) is 3.09. The number of furan rings is 1. The molecule has 0 aliphatic carbocycles. The van der Waals surface area contributed by atoms with Gasteiger partial charge < -0.3 is 18.6 Å². The molecule has 0 unspecified atom stereocenters. The Morgan fingerprint density at radius 2 is 2.00 bits per heavy atom. The van der Waals surface area contributed by atoms with E-state index in [1.54, 1.807) is 22.5 Å². The molecule has 0 bridgehead atoms. The lowest BCUT2D eigenvalue weighted by molar-refractivity contribution is 0.0736. The molecule has 8 heteroatoms. The average molecular weight is 370 g/mol. The minimum absolute atomic E-state index is 0.178. The van der Waals surface area contributed by atoms with Gasteiger partial charge in [0.2, 0.25) is 5.65 Å². The van der Waals surface area contributed by atoms with Crippen LogP contribution in [-0.2, 0) is 11.8 Å². The van der Waals surface area contributed by atoms with Crippen LogP contribution in [0.5, 0.6) is 0 Å². The molecule has 27 heavy (non-hydrogen) atoms. The first-order valence-electron chi connectivity index (χ1n) is 8.99. The molecule has 0 N–H and O–H groups in total. The Morgan fingerprint density at radius 1 is 1.19 bits per heavy atom. The molecule has 1 aliphatic heterocycles. The normalized spacial score (nSPS) is 15.3. The van der Waals surface area contributed by atoms with Crippen LogP contribution in [0.15, 0.2) is 27.7 Å². The van der Waals surface area contributed by atoms with Gasteiger partial charge in [0.05, 0.1) is 12.3 Å². The Morgan fingerprint density at radius 3 is 2.74 bits per heavy atom. The molecular formula is C19H22N4O4. The van der Waals surface area contributed by atoms with E-state index in [9.17, 15) is 9.59 Å². The molecule has 1 fully saturated rings. The third-order valence-electron chi connectivity index (χ3n) is 4.90. The molecule has 1 amide bonds. The number of amides is 1. The van der Waals surface area contributed by atoms with Crippen LogP contribution in [0.3, 0.4) is 0 Å². The minimum Gasteiger partial charge on any atom is -0.466 e. The van der Waals surface area contributed by atoms with E-state index in [0.717, 1.165) is 23.5 Å². The third kappa shape index (κ3) is 3.06. The molecule has 0 aromatic carbocycles. The molecule has 3 aromatic heterocycles. The summed E-state index contributed by atoms with van der Waals surface area (Å²) in [6, 6.07) is 1.90. The number of fused-ring (bicyclic) bond motifs is 1. The summed E-state index contributed by atoms with van der Waals surface area (Å²) < 4.78 is 14.2. The van der Waals surface area contributed by atoms with Gasteiger partial charge in [-0.3, -0.25) is 14.0 Å². The van der Waals surface area contributed by atoms with Crippen LogP contribution in [0.25, 0.3) is 16.9 Å². The second-order valence-corrected chi connectivity index (χ2v) is 6.82. The summed E-state index contributed by atoms with van der Waals surface area (Å²) >= 11 is 0. The monoisotopic (exact) mass is 370 g/mol. The van der Waals surface area contributed by atoms with Gasteiger partial charge in [0, 0.05) is 44.7 Å². The van der Waals surface area contributed by atoms with Gasteiger partial charge in [0.15, 0.2) is 0 Å². The minimum atomic E-state index is -0.260. The van der Waals surface area contributed by atoms with Crippen molar-refractivity contribution in [2.75, 3.05) is 26.3 Å². The second kappa shape index (κ2) is 6.70. The zero-order valence-corrected chi connectivity index (χ0v) is 15.7. The Labute approximate surface area is 156 Å². The van der Waals surface area contributed by atoms with E-state index in [1.807, 2.05) is 26.1 Å². The maximum atomic E-state index is 12.8. The maximum absolute atomic E-state index is 12.8. The molecule has 1 aliphatic rings. The highest BCUT2D eigenvalue weighted by atomic mass is 16.5. The number of hydrogen-bond acceptors (Lipinski definition) is 5. The number of aromatic nitrogens is 3. The van der Waals surface area contributed by atoms with E-state index < -0.39 is 0 Å². The lowest BCUT2D eigenvalue weighted by Gasteiger charge is -2.17. The highest BCUT2D eigenvalue weighted by molar-refractivity contribution is 5.93. The van der Waals surface area contributed by atoms with Gasteiger partial charge >= 0.3 is 0 Å². The van der Waals surface area contributed by atoms with Crippen molar-refractivity contribution in [1.29, 1.82) is 0 Å². The quantitative estimate of drug-likeness (QED) is 0.687. The number of imidazole rings is 1. The van der Waals surface area contributed by atoms with Gasteiger partial charge in [-0.15, -0.1) is 0 Å². The topological polar surface area (TPSA) is 82.0 Å². The van der Waals surface area contributed by atoms with Crippen molar-refractivity contribution in [1.82, 2.24) is 18.9 Å². The van der Waals surface area contributed by atoms with Gasteiger partial charge in [0.1, 0.15) is 17.2 Å². The first-order chi connectivity index (χ1) is 13.0. The maximum Gasteiger partial charge on any atom is 0.294 e. The largest absolute Gasteiger partial charge is 0.466 e. The fourth-order valence-electron chi connectivity index (χ4n) is 3.48. The van der Waals surface area contributed by atoms with Gasteiger partial charge in [-0.1, -0.05) is 0 Å². The molecule has 142 valence electrons. The van der Waals surface area contributed by atoms with Crippen LogP contribution in [0.4, 0.5) is 0 Å². The summed E-state index contributed by atoms with van der Waals surface area (Å²) in [6.45, 7) is 6.06. The Kier molecular flexibility index (Phi) is 4.35. The van der Waals surface area contributed by atoms with Crippen LogP contribution in [-0.4, -0.2) is 51.1 Å². The number of ether oxygens (including phenoxy) is 1. The number of carbonyl (C=O) groups excluding carboxylic acids is 1. The molecule has 0 atom stereocenters. The smallest absolute Gasteiger partial charge is 0.294 e. The first-order valence-corrected chi connectivity index (χ1v) is 8.99. The number of nitrogens with zero attached hydrogens (tertiary/aromatic N) is 4. The van der Waals surface area contributed by atoms with Crippen LogP contribution < -0.4 is 5.56 Å². The van der Waals surface area contributed by atoms with E-state index in [0.29, 0.717) is 32.0 Å². The molecule has 4 heterocycles. The van der Waals surface area contributed by atoms with Crippen molar-refractivity contribution in [3.8, 4) is 11.3 Å². The van der Waals surface area contributed by atoms with Crippen LogP contribution in [0, 0.1) is 13.8 Å². The lowest BCUT2D eigenvalue weighted by Crippen LogP contribution is -2.33. The molecule has 1 saturated heterocycles. The summed E-state index contributed by atoms with van der Waals surface area (Å²) in [7, 11) is 1.70. The number of aryl methyl sites for hydroxylation is 2. The molecular weight excluding hydrogens is 348 g/mol. The predicted octanol–water partition coefficient (Wildman–Crippen LogP) is 1.77. The molecule has 8 nitrogen and oxygen atoms in total. The summed E-state index contributed by atoms with van der Waals surface area (Å²) in [5.41, 5.74) is 1.80. The molecule has 0 radical (unpaired) electrons. The third-order valence-corrected chi connectivity index (χ3v) is 4.90. The SMILES string of the molecule is Cc1cc(-c2cn3cc(C(=O)N4CCCOCC4)nc3c(=O)n2C)c(C)o1. The zero-order valence-electron chi connectivity index (χ0n) is 15.7. The van der Waals surface area contributed by atoms with Crippen molar-refractivity contribution in [3.05, 3.63) is 46.0 Å². The summed E-state index contributed by atoms with van der Waals surface area (Å²) in [5, 5.41) is 0. The van der Waals surface area contributed by atoms with Crippen molar-refractivity contribution < 1.29 is 13.9 Å². The van der Waals surface area contributed by atoms with Gasteiger partial charge in [0.25, 0.3) is 11.5 Å². The Hall–Kier alpha value is -2.87. The summed E-state index contributed by atoms with van der Waals surface area (Å²) in [4.78, 5) is 31.7. The predicted molar refractivity (Wildman–Crippen MR) is 98.9 cm³/mol. The van der Waals surface area contributed by atoms with E-state index in [4.69, 9.17) is 9.15 Å². The van der Waals surface area contributed by atoms with Gasteiger partial charge in [-0.05, 0) is 26.3 Å². The number of carbonyl (C=O) groups is 1. The van der Waals surface area contributed by atoms with E-state index in [2.05, 4.69) is 4.98 Å². The number of rotatable bonds is 2. The van der Waals surface area contributed by atoms with Gasteiger partial charge in [-0.25, -0.2) is 4.98 Å². The second-order valence-electron chi connectivity index (χ2n) is 6.82. The van der Waals surface area contributed by atoms with E-state index in [1.165, 1.54) is 4.57 Å². The number of hydrogen-bond donors (Lipinski definition) is 0. The summed E-state index contributed by atoms with van der Waals surface area (Å²) in [6.07, 6.45) is 4.23. The van der Waals surface area contributed by atoms with Gasteiger partial charge in [-0.2, -0.15) is 0 Å². The lowest BCUT2D eigenvalue weighted by atomic mass is 10.2. The van der Waals surface area contributed by atoms with E-state index >= 15 is 0 Å². The molecule has 4 rings (SSSR count). The fraction of sp³-hybridized carbons (Fsp3) is 0.421. The highest BCUT2D eigenvalue weighted by Gasteiger charge is 2.22. The molecule has 0 saturated carbocycles. The first kappa shape index (κ1) is 17.5. The molecule has 0 spiro atoms. The van der Waals surface area contributed by atoms with Crippen molar-refractivity contribution >= 4 is 11.6 Å². The Balaban J connectivity index is 1.78. The van der Waals surface area contributed by atoms with Crippen molar-refractivity contribution in [3.63, 3.8) is 0 Å². The van der Waals surface area contributed by atoms with Crippen molar-refractivity contribution in [2.24, 2.45) is 7.05 Å². The Bertz CT molecular complexity index is 1070. The molecule has 3 aromatic rings. The van der Waals surface area contributed by atoms with E-state index in [-0.39, 0.29) is 22.8 Å². The van der Waals surface area contributed by atoms with Crippen LogP contribution in [0.2, 0.25) is 0 Å².